The number of nitrogens with zero attached hydrogens (tertiary/aromatic N) is 1. The number of piperidine rings is 1. The highest BCUT2D eigenvalue weighted by Crippen LogP contribution is 2.17. The van der Waals surface area contributed by atoms with Crippen LogP contribution in [0.15, 0.2) is 36.5 Å². The van der Waals surface area contributed by atoms with Crippen molar-refractivity contribution >= 4 is 6.08 Å². The Morgan fingerprint density at radius 2 is 1.67 bits per heavy atom. The van der Waals surface area contributed by atoms with Gasteiger partial charge in [-0.1, -0.05) is 30.3 Å². The fraction of sp³-hybridized carbons (Fsp3) is 0.429. The maximum atomic E-state index is 2.36. The standard InChI is InChI=1S/C14H20N/c1-15(11-6-3-7-12-15)13-10-14-8-4-2-5-9-14/h2,4-5,8-10,13H,3,6-7,11-12H2,1H3/q+1/b13-10+. The molecule has 0 atom stereocenters. The first-order valence-corrected chi connectivity index (χ1v) is 5.87. The number of likely N-dealkylation sites (tertiary alicyclic amines) is 1. The minimum atomic E-state index is 1.11. The van der Waals surface area contributed by atoms with Gasteiger partial charge in [0.1, 0.15) is 0 Å². The number of benzene rings is 1. The molecule has 1 fully saturated rings. The second-order valence-electron chi connectivity index (χ2n) is 4.71. The molecule has 1 aromatic carbocycles. The van der Waals surface area contributed by atoms with Crippen molar-refractivity contribution in [1.29, 1.82) is 0 Å². The summed E-state index contributed by atoms with van der Waals surface area (Å²) in [5.41, 5.74) is 1.31. The lowest BCUT2D eigenvalue weighted by Crippen LogP contribution is -2.42. The molecule has 0 saturated carbocycles. The first kappa shape index (κ1) is 10.4. The monoisotopic (exact) mass is 202 g/mol. The van der Waals surface area contributed by atoms with Crippen LogP contribution in [0.1, 0.15) is 24.8 Å². The third-order valence-electron chi connectivity index (χ3n) is 3.26. The highest BCUT2D eigenvalue weighted by molar-refractivity contribution is 5.47. The second-order valence-corrected chi connectivity index (χ2v) is 4.71. The van der Waals surface area contributed by atoms with Crippen molar-refractivity contribution in [2.45, 2.75) is 19.3 Å². The van der Waals surface area contributed by atoms with Crippen LogP contribution < -0.4 is 0 Å². The van der Waals surface area contributed by atoms with Crippen molar-refractivity contribution in [3.63, 3.8) is 0 Å². The summed E-state index contributed by atoms with van der Waals surface area (Å²) in [6, 6.07) is 10.6. The van der Waals surface area contributed by atoms with Crippen LogP contribution in [-0.4, -0.2) is 24.6 Å². The van der Waals surface area contributed by atoms with E-state index in [2.05, 4.69) is 49.7 Å². The van der Waals surface area contributed by atoms with Crippen molar-refractivity contribution < 1.29 is 4.48 Å². The van der Waals surface area contributed by atoms with Crippen molar-refractivity contribution in [3.05, 3.63) is 42.1 Å². The van der Waals surface area contributed by atoms with E-state index in [4.69, 9.17) is 0 Å². The lowest BCUT2D eigenvalue weighted by atomic mass is 10.1. The molecule has 0 spiro atoms. The van der Waals surface area contributed by atoms with Crippen LogP contribution >= 0.6 is 0 Å². The Bertz CT molecular complexity index is 320. The second kappa shape index (κ2) is 4.63. The molecule has 1 heterocycles. The topological polar surface area (TPSA) is 0 Å². The maximum absolute atomic E-state index is 2.36. The normalized spacial score (nSPS) is 20.6. The van der Waals surface area contributed by atoms with Gasteiger partial charge < -0.3 is 0 Å². The summed E-state index contributed by atoms with van der Waals surface area (Å²) in [7, 11) is 2.33. The third-order valence-corrected chi connectivity index (χ3v) is 3.26. The SMILES string of the molecule is C[N+]1(/C=C/c2ccccc2)CCCCC1. The van der Waals surface area contributed by atoms with Crippen LogP contribution in [0.5, 0.6) is 0 Å². The number of hydrogen-bond donors (Lipinski definition) is 0. The van der Waals surface area contributed by atoms with E-state index < -0.39 is 0 Å². The van der Waals surface area contributed by atoms with Gasteiger partial charge in [-0.2, -0.15) is 0 Å². The molecule has 1 aliphatic rings. The van der Waals surface area contributed by atoms with Gasteiger partial charge in [0.2, 0.25) is 0 Å². The lowest BCUT2D eigenvalue weighted by Gasteiger charge is -2.33. The zero-order chi connectivity index (χ0) is 10.6. The third kappa shape index (κ3) is 2.93. The molecule has 0 aliphatic carbocycles. The van der Waals surface area contributed by atoms with Gasteiger partial charge in [0.25, 0.3) is 0 Å². The number of rotatable bonds is 2. The van der Waals surface area contributed by atoms with Crippen LogP contribution in [0.3, 0.4) is 0 Å². The molecule has 1 aliphatic heterocycles. The molecule has 0 N–H and O–H groups in total. The Balaban J connectivity index is 2.04. The van der Waals surface area contributed by atoms with E-state index in [-0.39, 0.29) is 0 Å². The highest BCUT2D eigenvalue weighted by Gasteiger charge is 2.21. The van der Waals surface area contributed by atoms with Crippen LogP contribution in [0.4, 0.5) is 0 Å². The van der Waals surface area contributed by atoms with E-state index in [9.17, 15) is 0 Å². The Hall–Kier alpha value is -1.08. The van der Waals surface area contributed by atoms with E-state index in [1.54, 1.807) is 0 Å². The number of hydrogen-bond acceptors (Lipinski definition) is 0. The molecule has 0 bridgehead atoms. The van der Waals surface area contributed by atoms with Crippen LogP contribution in [0.25, 0.3) is 6.08 Å². The molecule has 0 radical (unpaired) electrons. The molecule has 1 saturated heterocycles. The minimum Gasteiger partial charge on any atom is -0.300 e. The average Bonchev–Trinajstić information content (AvgIpc) is 2.29. The maximum Gasteiger partial charge on any atom is 0.0962 e. The van der Waals surface area contributed by atoms with E-state index >= 15 is 0 Å². The summed E-state index contributed by atoms with van der Waals surface area (Å²) < 4.78 is 1.11. The lowest BCUT2D eigenvalue weighted by molar-refractivity contribution is -0.863. The van der Waals surface area contributed by atoms with Crippen molar-refractivity contribution in [2.24, 2.45) is 0 Å². The largest absolute Gasteiger partial charge is 0.300 e. The smallest absolute Gasteiger partial charge is 0.0962 e. The van der Waals surface area contributed by atoms with Gasteiger partial charge in [-0.15, -0.1) is 0 Å². The van der Waals surface area contributed by atoms with E-state index in [1.165, 1.54) is 37.9 Å². The predicted octanol–water partition coefficient (Wildman–Crippen LogP) is 3.29. The Kier molecular flexibility index (Phi) is 3.22. The molecule has 1 aromatic rings. The fourth-order valence-electron chi connectivity index (χ4n) is 2.21. The molecule has 2 rings (SSSR count). The predicted molar refractivity (Wildman–Crippen MR) is 65.2 cm³/mol. The summed E-state index contributed by atoms with van der Waals surface area (Å²) in [5.74, 6) is 0. The Labute approximate surface area is 92.6 Å². The molecule has 1 nitrogen and oxygen atoms in total. The minimum absolute atomic E-state index is 1.11. The van der Waals surface area contributed by atoms with Crippen molar-refractivity contribution in [1.82, 2.24) is 0 Å². The Morgan fingerprint density at radius 3 is 2.33 bits per heavy atom. The van der Waals surface area contributed by atoms with Crippen molar-refractivity contribution in [3.8, 4) is 0 Å². The molecule has 80 valence electrons. The zero-order valence-electron chi connectivity index (χ0n) is 9.52. The van der Waals surface area contributed by atoms with Gasteiger partial charge in [-0.3, -0.25) is 4.48 Å². The van der Waals surface area contributed by atoms with Crippen LogP contribution in [0.2, 0.25) is 0 Å². The van der Waals surface area contributed by atoms with Gasteiger partial charge in [-0.25, -0.2) is 0 Å². The molecular weight excluding hydrogens is 182 g/mol. The molecule has 0 aromatic heterocycles. The summed E-state index contributed by atoms with van der Waals surface area (Å²) in [4.78, 5) is 0. The molecule has 0 amide bonds. The van der Waals surface area contributed by atoms with Crippen molar-refractivity contribution in [2.75, 3.05) is 20.1 Å². The molecule has 0 unspecified atom stereocenters. The molecular formula is C14H20N+. The Morgan fingerprint density at radius 1 is 1.00 bits per heavy atom. The van der Waals surface area contributed by atoms with Gasteiger partial charge in [-0.05, 0) is 30.9 Å². The van der Waals surface area contributed by atoms with Crippen LogP contribution in [-0.2, 0) is 0 Å². The quantitative estimate of drug-likeness (QED) is 0.646. The first-order valence-electron chi connectivity index (χ1n) is 5.87. The van der Waals surface area contributed by atoms with E-state index in [0.29, 0.717) is 0 Å². The highest BCUT2D eigenvalue weighted by atomic mass is 15.3. The molecule has 15 heavy (non-hydrogen) atoms. The van der Waals surface area contributed by atoms with E-state index in [0.717, 1.165) is 4.48 Å². The first-order chi connectivity index (χ1) is 7.29. The summed E-state index contributed by atoms with van der Waals surface area (Å²) in [5, 5.41) is 0. The number of quaternary nitrogens is 1. The average molecular weight is 202 g/mol. The van der Waals surface area contributed by atoms with Gasteiger partial charge >= 0.3 is 0 Å². The molecule has 1 heteroatoms. The van der Waals surface area contributed by atoms with Gasteiger partial charge in [0.15, 0.2) is 0 Å². The van der Waals surface area contributed by atoms with Crippen LogP contribution in [0, 0.1) is 0 Å². The summed E-state index contributed by atoms with van der Waals surface area (Å²) in [6.45, 7) is 2.59. The fourth-order valence-corrected chi connectivity index (χ4v) is 2.21. The zero-order valence-corrected chi connectivity index (χ0v) is 9.52. The van der Waals surface area contributed by atoms with Gasteiger partial charge in [0.05, 0.1) is 26.3 Å². The van der Waals surface area contributed by atoms with E-state index in [1.807, 2.05) is 0 Å². The summed E-state index contributed by atoms with van der Waals surface area (Å²) in [6.07, 6.45) is 8.76. The summed E-state index contributed by atoms with van der Waals surface area (Å²) >= 11 is 0. The van der Waals surface area contributed by atoms with Gasteiger partial charge in [0, 0.05) is 0 Å².